The van der Waals surface area contributed by atoms with Crippen LogP contribution < -0.4 is 0 Å². The van der Waals surface area contributed by atoms with Gasteiger partial charge in [-0.3, -0.25) is 9.67 Å². The zero-order valence-electron chi connectivity index (χ0n) is 7.37. The van der Waals surface area contributed by atoms with E-state index in [9.17, 15) is 0 Å². The van der Waals surface area contributed by atoms with Gasteiger partial charge < -0.3 is 0 Å². The minimum Gasteiger partial charge on any atom is -0.262 e. The van der Waals surface area contributed by atoms with Crippen molar-refractivity contribution in [2.45, 2.75) is 19.9 Å². The molecule has 0 aliphatic rings. The van der Waals surface area contributed by atoms with Crippen LogP contribution in [0.15, 0.2) is 18.5 Å². The third kappa shape index (κ3) is 1.54. The summed E-state index contributed by atoms with van der Waals surface area (Å²) in [6.45, 7) is 3.11. The summed E-state index contributed by atoms with van der Waals surface area (Å²) >= 11 is 2.32. The normalized spacial score (nSPS) is 10.9. The third-order valence-corrected chi connectivity index (χ3v) is 2.79. The standard InChI is InChI=1S/C9H10IN3/c1-2-5-13-9-7(10)3-4-11-8(9)6-12-13/h3-4,6H,2,5H2,1H3. The van der Waals surface area contributed by atoms with Crippen molar-refractivity contribution in [2.75, 3.05) is 0 Å². The molecule has 3 nitrogen and oxygen atoms in total. The van der Waals surface area contributed by atoms with Gasteiger partial charge in [0, 0.05) is 16.3 Å². The Morgan fingerprint density at radius 2 is 2.38 bits per heavy atom. The predicted octanol–water partition coefficient (Wildman–Crippen LogP) is 2.45. The molecule has 0 fully saturated rings. The molecule has 2 aromatic heterocycles. The second-order valence-corrected chi connectivity index (χ2v) is 4.06. The van der Waals surface area contributed by atoms with Crippen LogP contribution in [0.2, 0.25) is 0 Å². The highest BCUT2D eigenvalue weighted by Gasteiger charge is 2.05. The molecule has 0 radical (unpaired) electrons. The van der Waals surface area contributed by atoms with Gasteiger partial charge in [0.15, 0.2) is 0 Å². The Hall–Kier alpha value is -0.650. The smallest absolute Gasteiger partial charge is 0.109 e. The Balaban J connectivity index is 2.64. The van der Waals surface area contributed by atoms with Crippen LogP contribution in [-0.4, -0.2) is 14.8 Å². The summed E-state index contributed by atoms with van der Waals surface area (Å²) in [5.74, 6) is 0. The fourth-order valence-corrected chi connectivity index (χ4v) is 2.07. The zero-order valence-corrected chi connectivity index (χ0v) is 9.52. The van der Waals surface area contributed by atoms with Gasteiger partial charge in [-0.25, -0.2) is 0 Å². The molecule has 68 valence electrons. The van der Waals surface area contributed by atoms with Gasteiger partial charge in [0.25, 0.3) is 0 Å². The van der Waals surface area contributed by atoms with Gasteiger partial charge in [-0.05, 0) is 35.1 Å². The number of rotatable bonds is 2. The maximum atomic E-state index is 4.30. The number of hydrogen-bond donors (Lipinski definition) is 0. The molecule has 0 saturated carbocycles. The van der Waals surface area contributed by atoms with E-state index in [-0.39, 0.29) is 0 Å². The number of aromatic nitrogens is 3. The molecule has 0 aliphatic carbocycles. The summed E-state index contributed by atoms with van der Waals surface area (Å²) in [4.78, 5) is 4.26. The lowest BCUT2D eigenvalue weighted by atomic mass is 10.4. The Morgan fingerprint density at radius 3 is 3.15 bits per heavy atom. The van der Waals surface area contributed by atoms with Crippen LogP contribution >= 0.6 is 22.6 Å². The lowest BCUT2D eigenvalue weighted by Crippen LogP contribution is -1.99. The van der Waals surface area contributed by atoms with E-state index < -0.39 is 0 Å². The number of nitrogens with zero attached hydrogens (tertiary/aromatic N) is 3. The molecular formula is C9H10IN3. The molecule has 0 atom stereocenters. The van der Waals surface area contributed by atoms with Crippen LogP contribution in [0.1, 0.15) is 13.3 Å². The first-order valence-electron chi connectivity index (χ1n) is 4.29. The van der Waals surface area contributed by atoms with Crippen molar-refractivity contribution in [3.05, 3.63) is 22.0 Å². The first kappa shape index (κ1) is 8.93. The molecule has 2 heterocycles. The third-order valence-electron chi connectivity index (χ3n) is 1.92. The summed E-state index contributed by atoms with van der Waals surface area (Å²) in [6.07, 6.45) is 4.75. The van der Waals surface area contributed by atoms with Crippen molar-refractivity contribution in [1.29, 1.82) is 0 Å². The maximum absolute atomic E-state index is 4.30. The number of fused-ring (bicyclic) bond motifs is 1. The molecule has 2 aromatic rings. The quantitative estimate of drug-likeness (QED) is 0.794. The van der Waals surface area contributed by atoms with Crippen LogP contribution in [0.5, 0.6) is 0 Å². The molecule has 0 amide bonds. The molecule has 0 aliphatic heterocycles. The van der Waals surface area contributed by atoms with Gasteiger partial charge in [-0.15, -0.1) is 0 Å². The Labute approximate surface area is 90.3 Å². The van der Waals surface area contributed by atoms with E-state index in [1.54, 1.807) is 0 Å². The largest absolute Gasteiger partial charge is 0.262 e. The van der Waals surface area contributed by atoms with Crippen molar-refractivity contribution in [3.8, 4) is 0 Å². The number of halogens is 1. The Morgan fingerprint density at radius 1 is 1.54 bits per heavy atom. The highest BCUT2D eigenvalue weighted by molar-refractivity contribution is 14.1. The van der Waals surface area contributed by atoms with Gasteiger partial charge in [-0.1, -0.05) is 6.92 Å². The Bertz CT molecular complexity index is 422. The fraction of sp³-hybridized carbons (Fsp3) is 0.333. The van der Waals surface area contributed by atoms with E-state index in [1.165, 1.54) is 3.57 Å². The van der Waals surface area contributed by atoms with Gasteiger partial charge in [0.1, 0.15) is 11.0 Å². The molecule has 4 heteroatoms. The highest BCUT2D eigenvalue weighted by Crippen LogP contribution is 2.17. The SMILES string of the molecule is CCCn1ncc2nccc(I)c21. The van der Waals surface area contributed by atoms with Crippen molar-refractivity contribution in [1.82, 2.24) is 14.8 Å². The van der Waals surface area contributed by atoms with Crippen LogP contribution in [-0.2, 0) is 6.54 Å². The monoisotopic (exact) mass is 287 g/mol. The lowest BCUT2D eigenvalue weighted by molar-refractivity contribution is 0.621. The molecule has 0 unspecified atom stereocenters. The molecule has 0 aromatic carbocycles. The van der Waals surface area contributed by atoms with E-state index in [2.05, 4.69) is 39.6 Å². The van der Waals surface area contributed by atoms with Crippen LogP contribution in [0, 0.1) is 3.57 Å². The average molecular weight is 287 g/mol. The predicted molar refractivity (Wildman–Crippen MR) is 60.5 cm³/mol. The van der Waals surface area contributed by atoms with Crippen molar-refractivity contribution in [3.63, 3.8) is 0 Å². The van der Waals surface area contributed by atoms with E-state index in [0.717, 1.165) is 24.0 Å². The van der Waals surface area contributed by atoms with E-state index in [4.69, 9.17) is 0 Å². The highest BCUT2D eigenvalue weighted by atomic mass is 127. The van der Waals surface area contributed by atoms with Gasteiger partial charge >= 0.3 is 0 Å². The first-order chi connectivity index (χ1) is 6.33. The Kier molecular flexibility index (Phi) is 2.48. The van der Waals surface area contributed by atoms with Crippen LogP contribution in [0.4, 0.5) is 0 Å². The van der Waals surface area contributed by atoms with E-state index >= 15 is 0 Å². The van der Waals surface area contributed by atoms with E-state index in [1.807, 2.05) is 23.1 Å². The molecule has 0 N–H and O–H groups in total. The molecular weight excluding hydrogens is 277 g/mol. The van der Waals surface area contributed by atoms with E-state index in [0.29, 0.717) is 0 Å². The van der Waals surface area contributed by atoms with Gasteiger partial charge in [0.2, 0.25) is 0 Å². The summed E-state index contributed by atoms with van der Waals surface area (Å²) in [6, 6.07) is 2.01. The summed E-state index contributed by atoms with van der Waals surface area (Å²) in [5.41, 5.74) is 2.14. The minimum atomic E-state index is 0.963. The van der Waals surface area contributed by atoms with Crippen LogP contribution in [0.3, 0.4) is 0 Å². The second kappa shape index (κ2) is 3.61. The van der Waals surface area contributed by atoms with Crippen molar-refractivity contribution in [2.24, 2.45) is 0 Å². The van der Waals surface area contributed by atoms with Crippen molar-refractivity contribution < 1.29 is 0 Å². The number of aryl methyl sites for hydroxylation is 1. The van der Waals surface area contributed by atoms with Crippen LogP contribution in [0.25, 0.3) is 11.0 Å². The number of hydrogen-bond acceptors (Lipinski definition) is 2. The topological polar surface area (TPSA) is 30.7 Å². The summed E-state index contributed by atoms with van der Waals surface area (Å²) < 4.78 is 3.23. The maximum Gasteiger partial charge on any atom is 0.109 e. The average Bonchev–Trinajstić information content (AvgIpc) is 2.51. The summed E-state index contributed by atoms with van der Waals surface area (Å²) in [7, 11) is 0. The lowest BCUT2D eigenvalue weighted by Gasteiger charge is -2.01. The minimum absolute atomic E-state index is 0.963. The molecule has 0 saturated heterocycles. The number of pyridine rings is 1. The molecule has 13 heavy (non-hydrogen) atoms. The van der Waals surface area contributed by atoms with Gasteiger partial charge in [-0.2, -0.15) is 5.10 Å². The zero-order chi connectivity index (χ0) is 9.26. The first-order valence-corrected chi connectivity index (χ1v) is 5.37. The molecule has 0 bridgehead atoms. The van der Waals surface area contributed by atoms with Crippen molar-refractivity contribution >= 4 is 33.6 Å². The second-order valence-electron chi connectivity index (χ2n) is 2.89. The molecule has 2 rings (SSSR count). The fourth-order valence-electron chi connectivity index (χ4n) is 1.36. The summed E-state index contributed by atoms with van der Waals surface area (Å²) in [5, 5.41) is 4.30. The molecule has 0 spiro atoms. The van der Waals surface area contributed by atoms with Gasteiger partial charge in [0.05, 0.1) is 6.20 Å².